The molecular formula is C21H24Cl3N3O5S2. The molecule has 186 valence electrons. The first-order chi connectivity index (χ1) is 15.9. The molecule has 13 heteroatoms. The van der Waals surface area contributed by atoms with Crippen molar-refractivity contribution < 1.29 is 21.6 Å². The molecule has 1 N–H and O–H groups in total. The van der Waals surface area contributed by atoms with Crippen LogP contribution in [0.4, 0.5) is 11.4 Å². The minimum atomic E-state index is -3.90. The number of benzene rings is 2. The van der Waals surface area contributed by atoms with Gasteiger partial charge in [-0.05, 0) is 49.2 Å². The Kier molecular flexibility index (Phi) is 8.75. The number of rotatable bonds is 7. The number of anilines is 2. The number of carbonyl (C=O) groups excluding carboxylic acids is 1. The molecule has 0 saturated carbocycles. The molecule has 1 saturated heterocycles. The lowest BCUT2D eigenvalue weighted by atomic mass is 10.2. The monoisotopic (exact) mass is 567 g/mol. The van der Waals surface area contributed by atoms with Gasteiger partial charge in [-0.3, -0.25) is 9.10 Å². The standard InChI is InChI=1S/C21H24Cl3N3O5S2/c1-33(29,30)27(20-13-18(23)17(22)12-19(20)24)14-21(28)25-15-6-8-16(9-7-15)34(31,32)26-10-4-2-3-5-11-26/h6-9,12-13H,2-5,10-11,14H2,1H3,(H,25,28). The molecule has 0 aliphatic carbocycles. The van der Waals surface area contributed by atoms with Crippen molar-refractivity contribution >= 4 is 72.1 Å². The fourth-order valence-corrected chi connectivity index (χ4v) is 6.63. The van der Waals surface area contributed by atoms with E-state index in [-0.39, 0.29) is 25.7 Å². The highest BCUT2D eigenvalue weighted by Crippen LogP contribution is 2.35. The van der Waals surface area contributed by atoms with Crippen LogP contribution in [0.2, 0.25) is 15.1 Å². The van der Waals surface area contributed by atoms with Crippen LogP contribution in [0.3, 0.4) is 0 Å². The zero-order chi connectivity index (χ0) is 25.1. The Balaban J connectivity index is 1.75. The largest absolute Gasteiger partial charge is 0.325 e. The van der Waals surface area contributed by atoms with E-state index in [4.69, 9.17) is 34.8 Å². The summed E-state index contributed by atoms with van der Waals surface area (Å²) in [5.74, 6) is -0.657. The van der Waals surface area contributed by atoms with Crippen molar-refractivity contribution in [3.05, 3.63) is 51.5 Å². The fraction of sp³-hybridized carbons (Fsp3) is 0.381. The molecule has 1 aliphatic rings. The summed E-state index contributed by atoms with van der Waals surface area (Å²) in [6.45, 7) is 0.392. The summed E-state index contributed by atoms with van der Waals surface area (Å²) < 4.78 is 52.8. The molecule has 2 aromatic carbocycles. The molecule has 8 nitrogen and oxygen atoms in total. The third kappa shape index (κ3) is 6.56. The second-order valence-corrected chi connectivity index (χ2v) is 12.9. The summed E-state index contributed by atoms with van der Waals surface area (Å²) in [4.78, 5) is 12.8. The average molecular weight is 569 g/mol. The van der Waals surface area contributed by atoms with Gasteiger partial charge in [-0.25, -0.2) is 16.8 Å². The van der Waals surface area contributed by atoms with E-state index in [1.54, 1.807) is 0 Å². The first-order valence-corrected chi connectivity index (χ1v) is 14.8. The van der Waals surface area contributed by atoms with E-state index in [9.17, 15) is 21.6 Å². The molecule has 0 aromatic heterocycles. The third-order valence-corrected chi connectivity index (χ3v) is 9.35. The Labute approximate surface area is 214 Å². The fourth-order valence-electron chi connectivity index (χ4n) is 3.56. The van der Waals surface area contributed by atoms with E-state index in [0.717, 1.165) is 36.2 Å². The summed E-state index contributed by atoms with van der Waals surface area (Å²) in [6.07, 6.45) is 4.60. The maximum absolute atomic E-state index is 12.9. The number of hydrogen-bond donors (Lipinski definition) is 1. The zero-order valence-electron chi connectivity index (χ0n) is 18.3. The van der Waals surface area contributed by atoms with Crippen molar-refractivity contribution in [3.8, 4) is 0 Å². The molecular weight excluding hydrogens is 545 g/mol. The molecule has 3 rings (SSSR count). The van der Waals surface area contributed by atoms with E-state index in [0.29, 0.717) is 18.8 Å². The first kappa shape index (κ1) is 27.0. The Hall–Kier alpha value is -1.56. The Morgan fingerprint density at radius 1 is 0.912 bits per heavy atom. The van der Waals surface area contributed by atoms with Gasteiger partial charge in [-0.1, -0.05) is 47.6 Å². The molecule has 1 fully saturated rings. The van der Waals surface area contributed by atoms with Gasteiger partial charge < -0.3 is 5.32 Å². The molecule has 0 atom stereocenters. The molecule has 0 spiro atoms. The molecule has 0 unspecified atom stereocenters. The van der Waals surface area contributed by atoms with Gasteiger partial charge in [0.25, 0.3) is 0 Å². The molecule has 1 amide bonds. The zero-order valence-corrected chi connectivity index (χ0v) is 22.2. The van der Waals surface area contributed by atoms with Crippen molar-refractivity contribution in [3.63, 3.8) is 0 Å². The molecule has 2 aromatic rings. The summed E-state index contributed by atoms with van der Waals surface area (Å²) in [7, 11) is -7.52. The van der Waals surface area contributed by atoms with Crippen molar-refractivity contribution in [2.75, 3.05) is 35.5 Å². The van der Waals surface area contributed by atoms with Gasteiger partial charge >= 0.3 is 0 Å². The number of sulfonamides is 2. The smallest absolute Gasteiger partial charge is 0.245 e. The van der Waals surface area contributed by atoms with Crippen LogP contribution in [0.1, 0.15) is 25.7 Å². The van der Waals surface area contributed by atoms with Crippen LogP contribution in [0.5, 0.6) is 0 Å². The van der Waals surface area contributed by atoms with Crippen LogP contribution >= 0.6 is 34.8 Å². The molecule has 34 heavy (non-hydrogen) atoms. The van der Waals surface area contributed by atoms with Crippen LogP contribution in [0.15, 0.2) is 41.3 Å². The van der Waals surface area contributed by atoms with E-state index < -0.39 is 32.5 Å². The molecule has 0 bridgehead atoms. The second-order valence-electron chi connectivity index (χ2n) is 7.88. The third-order valence-electron chi connectivity index (χ3n) is 5.29. The van der Waals surface area contributed by atoms with Crippen LogP contribution < -0.4 is 9.62 Å². The highest BCUT2D eigenvalue weighted by atomic mass is 35.5. The minimum Gasteiger partial charge on any atom is -0.325 e. The number of nitrogens with one attached hydrogen (secondary N) is 1. The minimum absolute atomic E-state index is 0.00704. The average Bonchev–Trinajstić information content (AvgIpc) is 3.05. The number of halogens is 3. The number of carbonyl (C=O) groups is 1. The lowest BCUT2D eigenvalue weighted by Crippen LogP contribution is -2.37. The van der Waals surface area contributed by atoms with Gasteiger partial charge in [-0.15, -0.1) is 0 Å². The second kappa shape index (κ2) is 11.0. The first-order valence-electron chi connectivity index (χ1n) is 10.4. The van der Waals surface area contributed by atoms with Crippen molar-refractivity contribution in [1.29, 1.82) is 0 Å². The highest BCUT2D eigenvalue weighted by molar-refractivity contribution is 7.92. The molecule has 1 heterocycles. The van der Waals surface area contributed by atoms with Gasteiger partial charge in [0.2, 0.25) is 26.0 Å². The van der Waals surface area contributed by atoms with E-state index in [1.807, 2.05) is 0 Å². The maximum Gasteiger partial charge on any atom is 0.245 e. The SMILES string of the molecule is CS(=O)(=O)N(CC(=O)Nc1ccc(S(=O)(=O)N2CCCCCC2)cc1)c1cc(Cl)c(Cl)cc1Cl. The van der Waals surface area contributed by atoms with Gasteiger partial charge in [0.15, 0.2) is 0 Å². The van der Waals surface area contributed by atoms with Crippen LogP contribution in [-0.4, -0.2) is 52.9 Å². The summed E-state index contributed by atoms with van der Waals surface area (Å²) in [6, 6.07) is 8.31. The predicted octanol–water partition coefficient (Wildman–Crippen LogP) is 4.62. The summed E-state index contributed by atoms with van der Waals surface area (Å²) >= 11 is 18.0. The van der Waals surface area contributed by atoms with Gasteiger partial charge in [-0.2, -0.15) is 4.31 Å². The van der Waals surface area contributed by atoms with Crippen LogP contribution in [-0.2, 0) is 24.8 Å². The number of hydrogen-bond acceptors (Lipinski definition) is 5. The van der Waals surface area contributed by atoms with Crippen LogP contribution in [0.25, 0.3) is 0 Å². The quantitative estimate of drug-likeness (QED) is 0.491. The van der Waals surface area contributed by atoms with Crippen molar-refractivity contribution in [2.24, 2.45) is 0 Å². The van der Waals surface area contributed by atoms with E-state index in [1.165, 1.54) is 40.7 Å². The Bertz CT molecular complexity index is 1260. The van der Waals surface area contributed by atoms with Gasteiger partial charge in [0, 0.05) is 18.8 Å². The molecule has 1 aliphatic heterocycles. The summed E-state index contributed by atoms with van der Waals surface area (Å²) in [5.41, 5.74) is 0.320. The normalized spacial score (nSPS) is 15.5. The lowest BCUT2D eigenvalue weighted by Gasteiger charge is -2.23. The highest BCUT2D eigenvalue weighted by Gasteiger charge is 2.26. The Morgan fingerprint density at radius 3 is 2.03 bits per heavy atom. The van der Waals surface area contributed by atoms with E-state index in [2.05, 4.69) is 5.32 Å². The molecule has 0 radical (unpaired) electrons. The van der Waals surface area contributed by atoms with Gasteiger partial charge in [0.05, 0.1) is 31.9 Å². The Morgan fingerprint density at radius 2 is 1.47 bits per heavy atom. The summed E-state index contributed by atoms with van der Waals surface area (Å²) in [5, 5.41) is 2.80. The van der Waals surface area contributed by atoms with E-state index >= 15 is 0 Å². The van der Waals surface area contributed by atoms with Crippen LogP contribution in [0, 0.1) is 0 Å². The van der Waals surface area contributed by atoms with Crippen molar-refractivity contribution in [2.45, 2.75) is 30.6 Å². The topological polar surface area (TPSA) is 104 Å². The predicted molar refractivity (Wildman–Crippen MR) is 136 cm³/mol. The lowest BCUT2D eigenvalue weighted by molar-refractivity contribution is -0.114. The number of amides is 1. The maximum atomic E-state index is 12.9. The van der Waals surface area contributed by atoms with Gasteiger partial charge in [0.1, 0.15) is 6.54 Å². The number of nitrogens with zero attached hydrogens (tertiary/aromatic N) is 2. The van der Waals surface area contributed by atoms with Crippen molar-refractivity contribution in [1.82, 2.24) is 4.31 Å².